The summed E-state index contributed by atoms with van der Waals surface area (Å²) in [6.07, 6.45) is 4.76. The van der Waals surface area contributed by atoms with Gasteiger partial charge in [0.05, 0.1) is 34.1 Å². The van der Waals surface area contributed by atoms with Gasteiger partial charge in [0.25, 0.3) is 0 Å². The fourth-order valence-corrected chi connectivity index (χ4v) is 3.30. The molecule has 0 saturated heterocycles. The average molecular weight is 472 g/mol. The highest BCUT2D eigenvalue weighted by Crippen LogP contribution is 2.38. The van der Waals surface area contributed by atoms with Gasteiger partial charge in [-0.15, -0.1) is 0 Å². The molecule has 0 unspecified atom stereocenters. The number of benzene rings is 2. The number of nitrogens with zero attached hydrogens (tertiary/aromatic N) is 2. The van der Waals surface area contributed by atoms with Crippen LogP contribution >= 0.6 is 15.9 Å². The highest BCUT2D eigenvalue weighted by atomic mass is 79.9. The van der Waals surface area contributed by atoms with E-state index in [0.717, 1.165) is 15.6 Å². The highest BCUT2D eigenvalue weighted by molar-refractivity contribution is 9.10. The maximum atomic E-state index is 12.5. The van der Waals surface area contributed by atoms with Crippen LogP contribution in [-0.4, -0.2) is 37.0 Å². The largest absolute Gasteiger partial charge is 0.493 e. The molecule has 0 bridgehead atoms. The van der Waals surface area contributed by atoms with E-state index in [-0.39, 0.29) is 5.91 Å². The quantitative estimate of drug-likeness (QED) is 0.493. The lowest BCUT2D eigenvalue weighted by molar-refractivity contribution is -0.111. The third-order valence-electron chi connectivity index (χ3n) is 4.36. The molecule has 0 aliphatic rings. The molecule has 156 valence electrons. The van der Waals surface area contributed by atoms with Crippen molar-refractivity contribution in [2.24, 2.45) is 0 Å². The fraction of sp³-hybridized carbons (Fsp3) is 0.182. The minimum absolute atomic E-state index is 0.280. The molecule has 0 aliphatic heterocycles. The molecular formula is C22H22BrN3O4. The molecule has 1 N–H and O–H groups in total. The van der Waals surface area contributed by atoms with Crippen LogP contribution in [0.25, 0.3) is 6.08 Å². The first-order valence-electron chi connectivity index (χ1n) is 9.10. The molecule has 0 spiro atoms. The van der Waals surface area contributed by atoms with E-state index in [1.165, 1.54) is 6.08 Å². The van der Waals surface area contributed by atoms with Gasteiger partial charge < -0.3 is 19.5 Å². The van der Waals surface area contributed by atoms with E-state index < -0.39 is 0 Å². The minimum Gasteiger partial charge on any atom is -0.493 e. The van der Waals surface area contributed by atoms with Crippen molar-refractivity contribution in [3.8, 4) is 17.2 Å². The summed E-state index contributed by atoms with van der Waals surface area (Å²) in [4.78, 5) is 12.5. The van der Waals surface area contributed by atoms with Crippen molar-refractivity contribution in [2.45, 2.75) is 6.54 Å². The van der Waals surface area contributed by atoms with Crippen LogP contribution in [0, 0.1) is 0 Å². The minimum atomic E-state index is -0.280. The lowest BCUT2D eigenvalue weighted by Crippen LogP contribution is -2.14. The molecule has 0 atom stereocenters. The summed E-state index contributed by atoms with van der Waals surface area (Å²) in [5.41, 5.74) is 1.80. The summed E-state index contributed by atoms with van der Waals surface area (Å²) in [6, 6.07) is 13.2. The van der Waals surface area contributed by atoms with Gasteiger partial charge in [0, 0.05) is 16.6 Å². The Hall–Kier alpha value is -3.26. The first-order chi connectivity index (χ1) is 14.5. The first-order valence-corrected chi connectivity index (χ1v) is 9.89. The zero-order chi connectivity index (χ0) is 21.5. The molecule has 3 rings (SSSR count). The Labute approximate surface area is 183 Å². The topological polar surface area (TPSA) is 74.6 Å². The standard InChI is InChI=1S/C22H22BrN3O4/c1-28-18-12-15(13-19(29-2)22(18)30-3)8-9-21(27)25-20-10-11-24-26(20)14-16-6-4-5-7-17(16)23/h4-13H,14H2,1-3H3,(H,25,27)/b9-8+. The summed E-state index contributed by atoms with van der Waals surface area (Å²) >= 11 is 3.53. The molecule has 3 aromatic rings. The van der Waals surface area contributed by atoms with Crippen molar-refractivity contribution >= 4 is 33.7 Å². The number of ether oxygens (including phenoxy) is 3. The van der Waals surface area contributed by atoms with Gasteiger partial charge in [0.15, 0.2) is 11.5 Å². The number of halogens is 1. The Bertz CT molecular complexity index is 1040. The maximum Gasteiger partial charge on any atom is 0.249 e. The van der Waals surface area contributed by atoms with E-state index in [9.17, 15) is 4.79 Å². The number of hydrogen-bond donors (Lipinski definition) is 1. The van der Waals surface area contributed by atoms with Gasteiger partial charge >= 0.3 is 0 Å². The van der Waals surface area contributed by atoms with Gasteiger partial charge in [-0.3, -0.25) is 4.79 Å². The predicted octanol–water partition coefficient (Wildman–Crippen LogP) is 4.37. The van der Waals surface area contributed by atoms with Gasteiger partial charge in [-0.05, 0) is 35.4 Å². The van der Waals surface area contributed by atoms with Crippen molar-refractivity contribution in [3.05, 3.63) is 70.3 Å². The van der Waals surface area contributed by atoms with Gasteiger partial charge in [-0.1, -0.05) is 34.1 Å². The van der Waals surface area contributed by atoms with E-state index in [2.05, 4.69) is 26.3 Å². The molecule has 0 radical (unpaired) electrons. The molecule has 0 aliphatic carbocycles. The molecular weight excluding hydrogens is 450 g/mol. The zero-order valence-electron chi connectivity index (χ0n) is 16.9. The van der Waals surface area contributed by atoms with Gasteiger partial charge in [-0.2, -0.15) is 5.10 Å². The van der Waals surface area contributed by atoms with Crippen LogP contribution in [0.5, 0.6) is 17.2 Å². The van der Waals surface area contributed by atoms with Gasteiger partial charge in [0.1, 0.15) is 5.82 Å². The molecule has 30 heavy (non-hydrogen) atoms. The van der Waals surface area contributed by atoms with Crippen molar-refractivity contribution in [1.29, 1.82) is 0 Å². The summed E-state index contributed by atoms with van der Waals surface area (Å²) in [6.45, 7) is 0.528. The van der Waals surface area contributed by atoms with Crippen molar-refractivity contribution in [1.82, 2.24) is 9.78 Å². The number of aromatic nitrogens is 2. The van der Waals surface area contributed by atoms with Crippen molar-refractivity contribution in [2.75, 3.05) is 26.6 Å². The van der Waals surface area contributed by atoms with E-state index in [1.54, 1.807) is 56.5 Å². The first kappa shape index (κ1) is 21.4. The second-order valence-electron chi connectivity index (χ2n) is 6.25. The van der Waals surface area contributed by atoms with E-state index in [4.69, 9.17) is 14.2 Å². The SMILES string of the molecule is COc1cc(/C=C/C(=O)Nc2ccnn2Cc2ccccc2Br)cc(OC)c1OC. The number of nitrogens with one attached hydrogen (secondary N) is 1. The number of methoxy groups -OCH3 is 3. The fourth-order valence-electron chi connectivity index (χ4n) is 2.89. The number of rotatable bonds is 8. The molecule has 1 aromatic heterocycles. The van der Waals surface area contributed by atoms with Crippen molar-refractivity contribution in [3.63, 3.8) is 0 Å². The molecule has 1 amide bonds. The third-order valence-corrected chi connectivity index (χ3v) is 5.13. The lowest BCUT2D eigenvalue weighted by atomic mass is 10.1. The molecule has 7 nitrogen and oxygen atoms in total. The second kappa shape index (κ2) is 9.98. The Balaban J connectivity index is 1.73. The van der Waals surface area contributed by atoms with Crippen LogP contribution in [0.3, 0.4) is 0 Å². The number of amides is 1. The predicted molar refractivity (Wildman–Crippen MR) is 119 cm³/mol. The zero-order valence-corrected chi connectivity index (χ0v) is 18.5. The maximum absolute atomic E-state index is 12.5. The normalized spacial score (nSPS) is 10.8. The van der Waals surface area contributed by atoms with Crippen LogP contribution in [0.15, 0.2) is 59.2 Å². The Kier molecular flexibility index (Phi) is 7.13. The highest BCUT2D eigenvalue weighted by Gasteiger charge is 2.12. The third kappa shape index (κ3) is 5.01. The Morgan fingerprint density at radius 3 is 2.43 bits per heavy atom. The van der Waals surface area contributed by atoms with E-state index in [0.29, 0.717) is 29.6 Å². The van der Waals surface area contributed by atoms with Gasteiger partial charge in [0.2, 0.25) is 11.7 Å². The van der Waals surface area contributed by atoms with Crippen LogP contribution in [0.4, 0.5) is 5.82 Å². The molecule has 1 heterocycles. The number of anilines is 1. The number of carbonyl (C=O) groups is 1. The van der Waals surface area contributed by atoms with Gasteiger partial charge in [-0.25, -0.2) is 4.68 Å². The monoisotopic (exact) mass is 471 g/mol. The Morgan fingerprint density at radius 1 is 1.10 bits per heavy atom. The molecule has 8 heteroatoms. The summed E-state index contributed by atoms with van der Waals surface area (Å²) in [5, 5.41) is 7.15. The van der Waals surface area contributed by atoms with Crippen molar-refractivity contribution < 1.29 is 19.0 Å². The summed E-state index contributed by atoms with van der Waals surface area (Å²) < 4.78 is 18.7. The second-order valence-corrected chi connectivity index (χ2v) is 7.10. The van der Waals surface area contributed by atoms with Crippen LogP contribution in [0.1, 0.15) is 11.1 Å². The van der Waals surface area contributed by atoms with E-state index >= 15 is 0 Å². The molecule has 0 saturated carbocycles. The van der Waals surface area contributed by atoms with Crippen LogP contribution in [-0.2, 0) is 11.3 Å². The number of carbonyl (C=O) groups excluding carboxylic acids is 1. The lowest BCUT2D eigenvalue weighted by Gasteiger charge is -2.12. The Morgan fingerprint density at radius 2 is 1.80 bits per heavy atom. The average Bonchev–Trinajstić information content (AvgIpc) is 3.19. The van der Waals surface area contributed by atoms with Crippen LogP contribution in [0.2, 0.25) is 0 Å². The number of hydrogen-bond acceptors (Lipinski definition) is 5. The summed E-state index contributed by atoms with van der Waals surface area (Å²) in [5.74, 6) is 1.85. The smallest absolute Gasteiger partial charge is 0.249 e. The van der Waals surface area contributed by atoms with E-state index in [1.807, 2.05) is 24.3 Å². The molecule has 0 fully saturated rings. The summed E-state index contributed by atoms with van der Waals surface area (Å²) in [7, 11) is 4.63. The van der Waals surface area contributed by atoms with Crippen LogP contribution < -0.4 is 19.5 Å². The molecule has 2 aromatic carbocycles.